The molecule has 0 saturated carbocycles. The fraction of sp³-hybridized carbons (Fsp3) is 0.333. The van der Waals surface area contributed by atoms with E-state index in [0.717, 1.165) is 12.0 Å². The maximum atomic E-state index is 11.6. The lowest BCUT2D eigenvalue weighted by Gasteiger charge is -2.13. The van der Waals surface area contributed by atoms with Gasteiger partial charge in [-0.25, -0.2) is 4.79 Å². The first kappa shape index (κ1) is 15.6. The summed E-state index contributed by atoms with van der Waals surface area (Å²) in [5.74, 6) is -1.07. The van der Waals surface area contributed by atoms with Crippen LogP contribution < -0.4 is 0 Å². The molecule has 0 aliphatic heterocycles. The molecule has 0 N–H and O–H groups in total. The fourth-order valence-corrected chi connectivity index (χ4v) is 1.82. The third kappa shape index (κ3) is 5.39. The minimum absolute atomic E-state index is 0.124. The number of esters is 2. The van der Waals surface area contributed by atoms with E-state index in [2.05, 4.69) is 15.9 Å². The number of alkyl halides is 1. The van der Waals surface area contributed by atoms with Crippen LogP contribution in [-0.4, -0.2) is 16.8 Å². The van der Waals surface area contributed by atoms with Crippen molar-refractivity contribution in [1.29, 1.82) is 0 Å². The lowest BCUT2D eigenvalue weighted by Crippen LogP contribution is -2.25. The highest BCUT2D eigenvalue weighted by atomic mass is 79.9. The van der Waals surface area contributed by atoms with E-state index in [0.29, 0.717) is 0 Å². The molecule has 0 aliphatic carbocycles. The Morgan fingerprint density at radius 1 is 1.32 bits per heavy atom. The van der Waals surface area contributed by atoms with Crippen molar-refractivity contribution in [2.75, 3.05) is 0 Å². The predicted octanol–water partition coefficient (Wildman–Crippen LogP) is 3.58. The summed E-state index contributed by atoms with van der Waals surface area (Å²) in [5.41, 5.74) is 0.879. The topological polar surface area (TPSA) is 43.4 Å². The van der Waals surface area contributed by atoms with E-state index >= 15 is 0 Å². The molecule has 0 heterocycles. The molecule has 1 aromatic carbocycles. The Hall–Kier alpha value is -1.42. The summed E-state index contributed by atoms with van der Waals surface area (Å²) in [6.07, 6.45) is 3.70. The smallest absolute Gasteiger partial charge is 0.338 e. The van der Waals surface area contributed by atoms with E-state index in [1.165, 1.54) is 6.08 Å². The second-order valence-corrected chi connectivity index (χ2v) is 5.26. The van der Waals surface area contributed by atoms with E-state index in [1.54, 1.807) is 6.08 Å². The molecule has 0 bridgehead atoms. The average Bonchev–Trinajstić information content (AvgIpc) is 2.44. The van der Waals surface area contributed by atoms with Crippen LogP contribution in [0.15, 0.2) is 36.4 Å². The van der Waals surface area contributed by atoms with E-state index < -0.39 is 16.8 Å². The Labute approximate surface area is 121 Å². The zero-order valence-electron chi connectivity index (χ0n) is 11.0. The van der Waals surface area contributed by atoms with Crippen LogP contribution in [0.25, 0.3) is 6.08 Å². The Morgan fingerprint density at radius 3 is 2.53 bits per heavy atom. The quantitative estimate of drug-likeness (QED) is 0.360. The van der Waals surface area contributed by atoms with Gasteiger partial charge in [0.05, 0.1) is 0 Å². The first-order valence-corrected chi connectivity index (χ1v) is 7.09. The lowest BCUT2D eigenvalue weighted by atomic mass is 10.1. The van der Waals surface area contributed by atoms with Crippen LogP contribution in [0.5, 0.6) is 0 Å². The molecular formula is C15H17BrO3. The SMILES string of the molecule is CCC(C)C(Br)C(=O)OC(=O)C=Cc1ccccc1. The van der Waals surface area contributed by atoms with Crippen LogP contribution in [0.4, 0.5) is 0 Å². The molecule has 3 nitrogen and oxygen atoms in total. The van der Waals surface area contributed by atoms with Crippen molar-refractivity contribution in [3.05, 3.63) is 42.0 Å². The second kappa shape index (κ2) is 7.89. The molecule has 19 heavy (non-hydrogen) atoms. The van der Waals surface area contributed by atoms with Gasteiger partial charge in [0.15, 0.2) is 0 Å². The Morgan fingerprint density at radius 2 is 1.95 bits per heavy atom. The van der Waals surface area contributed by atoms with Gasteiger partial charge in [-0.05, 0) is 17.6 Å². The monoisotopic (exact) mass is 324 g/mol. The highest BCUT2D eigenvalue weighted by molar-refractivity contribution is 9.10. The van der Waals surface area contributed by atoms with Crippen molar-refractivity contribution in [3.63, 3.8) is 0 Å². The number of rotatable bonds is 5. The third-order valence-corrected chi connectivity index (χ3v) is 4.06. The first-order valence-electron chi connectivity index (χ1n) is 6.17. The molecule has 2 unspecified atom stereocenters. The maximum Gasteiger partial charge on any atom is 0.338 e. The summed E-state index contributed by atoms with van der Waals surface area (Å²) in [5, 5.41) is 0. The van der Waals surface area contributed by atoms with Gasteiger partial charge >= 0.3 is 11.9 Å². The minimum Gasteiger partial charge on any atom is -0.389 e. The molecule has 0 amide bonds. The molecular weight excluding hydrogens is 308 g/mol. The summed E-state index contributed by atoms with van der Waals surface area (Å²) >= 11 is 3.24. The molecule has 0 fully saturated rings. The van der Waals surface area contributed by atoms with E-state index in [-0.39, 0.29) is 5.92 Å². The van der Waals surface area contributed by atoms with Crippen LogP contribution in [0, 0.1) is 5.92 Å². The van der Waals surface area contributed by atoms with Crippen molar-refractivity contribution >= 4 is 33.9 Å². The summed E-state index contributed by atoms with van der Waals surface area (Å²) in [4.78, 5) is 22.7. The summed E-state index contributed by atoms with van der Waals surface area (Å²) < 4.78 is 4.75. The van der Waals surface area contributed by atoms with Crippen molar-refractivity contribution in [3.8, 4) is 0 Å². The van der Waals surface area contributed by atoms with Crippen LogP contribution in [-0.2, 0) is 14.3 Å². The Balaban J connectivity index is 2.52. The van der Waals surface area contributed by atoms with Crippen molar-refractivity contribution in [1.82, 2.24) is 0 Å². The third-order valence-electron chi connectivity index (χ3n) is 2.78. The van der Waals surface area contributed by atoms with Crippen LogP contribution in [0.2, 0.25) is 0 Å². The van der Waals surface area contributed by atoms with Gasteiger partial charge in [-0.3, -0.25) is 4.79 Å². The highest BCUT2D eigenvalue weighted by Crippen LogP contribution is 2.17. The molecule has 0 aromatic heterocycles. The van der Waals surface area contributed by atoms with Crippen molar-refractivity contribution < 1.29 is 14.3 Å². The number of ether oxygens (including phenoxy) is 1. The standard InChI is InChI=1S/C15H17BrO3/c1-3-11(2)14(16)15(18)19-13(17)10-9-12-7-5-4-6-8-12/h4-11,14H,3H2,1-2H3. The molecule has 0 aliphatic rings. The van der Waals surface area contributed by atoms with Gasteiger partial charge in [0.1, 0.15) is 4.83 Å². The van der Waals surface area contributed by atoms with Gasteiger partial charge in [0.2, 0.25) is 0 Å². The van der Waals surface area contributed by atoms with Gasteiger partial charge in [0.25, 0.3) is 0 Å². The van der Waals surface area contributed by atoms with E-state index in [4.69, 9.17) is 4.74 Å². The number of hydrogen-bond donors (Lipinski definition) is 0. The summed E-state index contributed by atoms with van der Waals surface area (Å²) in [6.45, 7) is 3.90. The van der Waals surface area contributed by atoms with Gasteiger partial charge in [-0.1, -0.05) is 66.5 Å². The summed E-state index contributed by atoms with van der Waals surface area (Å²) in [7, 11) is 0. The molecule has 1 rings (SSSR count). The van der Waals surface area contributed by atoms with Gasteiger partial charge in [0, 0.05) is 6.08 Å². The number of benzene rings is 1. The Kier molecular flexibility index (Phi) is 6.50. The molecule has 2 atom stereocenters. The first-order chi connectivity index (χ1) is 9.04. The fourth-order valence-electron chi connectivity index (χ4n) is 1.36. The summed E-state index contributed by atoms with van der Waals surface area (Å²) in [6, 6.07) is 9.35. The lowest BCUT2D eigenvalue weighted by molar-refractivity contribution is -0.156. The van der Waals surface area contributed by atoms with Gasteiger partial charge < -0.3 is 4.74 Å². The number of carbonyl (C=O) groups excluding carboxylic acids is 2. The molecule has 0 spiro atoms. The second-order valence-electron chi connectivity index (χ2n) is 4.27. The van der Waals surface area contributed by atoms with E-state index in [9.17, 15) is 9.59 Å². The number of hydrogen-bond acceptors (Lipinski definition) is 3. The molecule has 4 heteroatoms. The zero-order valence-corrected chi connectivity index (χ0v) is 12.6. The minimum atomic E-state index is -0.651. The van der Waals surface area contributed by atoms with E-state index in [1.807, 2.05) is 44.2 Å². The van der Waals surface area contributed by atoms with Crippen LogP contribution in [0.1, 0.15) is 25.8 Å². The number of carbonyl (C=O) groups is 2. The molecule has 102 valence electrons. The molecule has 1 aromatic rings. The van der Waals surface area contributed by atoms with Crippen molar-refractivity contribution in [2.45, 2.75) is 25.1 Å². The van der Waals surface area contributed by atoms with Gasteiger partial charge in [-0.15, -0.1) is 0 Å². The normalized spacial score (nSPS) is 14.1. The number of halogens is 1. The van der Waals surface area contributed by atoms with Crippen LogP contribution in [0.3, 0.4) is 0 Å². The van der Waals surface area contributed by atoms with Crippen molar-refractivity contribution in [2.24, 2.45) is 5.92 Å². The largest absolute Gasteiger partial charge is 0.389 e. The zero-order chi connectivity index (χ0) is 14.3. The highest BCUT2D eigenvalue weighted by Gasteiger charge is 2.23. The maximum absolute atomic E-state index is 11.6. The molecule has 0 saturated heterocycles. The molecule has 0 radical (unpaired) electrons. The average molecular weight is 325 g/mol. The Bertz CT molecular complexity index is 454. The van der Waals surface area contributed by atoms with Crippen LogP contribution >= 0.6 is 15.9 Å². The predicted molar refractivity (Wildman–Crippen MR) is 78.7 cm³/mol. The van der Waals surface area contributed by atoms with Gasteiger partial charge in [-0.2, -0.15) is 0 Å².